The van der Waals surface area contributed by atoms with Gasteiger partial charge >= 0.3 is 0 Å². The first kappa shape index (κ1) is 74.5. The van der Waals surface area contributed by atoms with E-state index >= 15 is 0 Å². The van der Waals surface area contributed by atoms with E-state index in [1.54, 1.807) is 20.9 Å². The Bertz CT molecular complexity index is 2360. The largest absolute Gasteiger partial charge is 0.481 e. The van der Waals surface area contributed by atoms with E-state index in [0.717, 1.165) is 37.2 Å². The molecule has 7 rings (SSSR count). The Kier molecular flexibility index (Phi) is 36.8. The van der Waals surface area contributed by atoms with Crippen LogP contribution in [0, 0.1) is 0 Å². The summed E-state index contributed by atoms with van der Waals surface area (Å²) in [7, 11) is 0. The molecule has 2 aliphatic rings. The van der Waals surface area contributed by atoms with Gasteiger partial charge < -0.3 is 9.47 Å². The molecule has 7 heterocycles. The molecule has 0 fully saturated rings. The topological polar surface area (TPSA) is 18.5 Å². The quantitative estimate of drug-likeness (QED) is 0.0361. The Hall–Kier alpha value is -1.90. The number of unbranched alkanes of at least 4 members (excludes halogenated alkanes) is 42. The average Bonchev–Trinajstić information content (AvgIpc) is 1.64. The Morgan fingerprint density at radius 3 is 0.787 bits per heavy atom. The second-order valence-corrected chi connectivity index (χ2v) is 33.2. The Morgan fingerprint density at radius 1 is 0.270 bits per heavy atom. The van der Waals surface area contributed by atoms with Crippen molar-refractivity contribution in [2.45, 2.75) is 399 Å². The van der Waals surface area contributed by atoms with Gasteiger partial charge in [-0.1, -0.05) is 311 Å². The maximum atomic E-state index is 7.63. The molecule has 7 heteroatoms. The minimum atomic E-state index is -0.264. The summed E-state index contributed by atoms with van der Waals surface area (Å²) in [5, 5.41) is 4.66. The van der Waals surface area contributed by atoms with E-state index in [-0.39, 0.29) is 11.2 Å². The molecule has 5 aromatic heterocycles. The first-order valence-electron chi connectivity index (χ1n) is 38.9. The molecule has 0 saturated heterocycles. The summed E-state index contributed by atoms with van der Waals surface area (Å²) in [6.45, 7) is 14.1. The third kappa shape index (κ3) is 23.8. The van der Waals surface area contributed by atoms with E-state index in [0.29, 0.717) is 0 Å². The highest BCUT2D eigenvalue weighted by Gasteiger charge is 2.45. The Morgan fingerprint density at radius 2 is 0.517 bits per heavy atom. The maximum absolute atomic E-state index is 7.63. The zero-order chi connectivity index (χ0) is 62.5. The summed E-state index contributed by atoms with van der Waals surface area (Å²) < 4.78 is 15.3. The highest BCUT2D eigenvalue weighted by Crippen LogP contribution is 2.60. The molecule has 0 aromatic carbocycles. The Balaban J connectivity index is 1.24. The van der Waals surface area contributed by atoms with Gasteiger partial charge in [0.15, 0.2) is 0 Å². The van der Waals surface area contributed by atoms with E-state index in [9.17, 15) is 0 Å². The van der Waals surface area contributed by atoms with Crippen LogP contribution in [0.1, 0.15) is 398 Å². The van der Waals surface area contributed by atoms with Crippen LogP contribution in [-0.4, -0.2) is 0 Å². The lowest BCUT2D eigenvalue weighted by atomic mass is 9.81. The molecular weight excluding hydrogens is 1180 g/mol. The fourth-order valence-corrected chi connectivity index (χ4v) is 21.2. The summed E-state index contributed by atoms with van der Waals surface area (Å²) in [6.07, 6.45) is 72.1. The van der Waals surface area contributed by atoms with E-state index in [4.69, 9.17) is 9.47 Å². The zero-order valence-electron chi connectivity index (χ0n) is 58.5. The van der Waals surface area contributed by atoms with Gasteiger partial charge in [0, 0.05) is 30.6 Å². The number of thiophene rings is 5. The molecular formula is C82H132O2S5. The highest BCUT2D eigenvalue weighted by molar-refractivity contribution is 7.30. The van der Waals surface area contributed by atoms with E-state index in [1.165, 1.54) is 361 Å². The summed E-state index contributed by atoms with van der Waals surface area (Å²) in [6, 6.07) is 10.2. The van der Waals surface area contributed by atoms with Crippen molar-refractivity contribution in [3.05, 3.63) is 57.3 Å². The van der Waals surface area contributed by atoms with Crippen molar-refractivity contribution >= 4 is 56.7 Å². The van der Waals surface area contributed by atoms with Crippen molar-refractivity contribution < 1.29 is 9.47 Å². The molecule has 0 atom stereocenters. The van der Waals surface area contributed by atoms with Gasteiger partial charge in [-0.25, -0.2) is 0 Å². The molecule has 0 spiro atoms. The van der Waals surface area contributed by atoms with Gasteiger partial charge in [0.1, 0.15) is 22.7 Å². The molecule has 0 amide bonds. The molecule has 0 aliphatic carbocycles. The van der Waals surface area contributed by atoms with Crippen LogP contribution in [0.4, 0.5) is 0 Å². The predicted octanol–water partition coefficient (Wildman–Crippen LogP) is 31.3. The normalized spacial score (nSPS) is 13.8. The van der Waals surface area contributed by atoms with Crippen LogP contribution in [0.2, 0.25) is 0 Å². The van der Waals surface area contributed by atoms with Gasteiger partial charge in [0.25, 0.3) is 0 Å². The van der Waals surface area contributed by atoms with Gasteiger partial charge in [0.2, 0.25) is 0 Å². The van der Waals surface area contributed by atoms with Gasteiger partial charge in [-0.05, 0) is 123 Å². The van der Waals surface area contributed by atoms with Gasteiger partial charge in [-0.15, -0.1) is 56.7 Å². The van der Waals surface area contributed by atoms with Crippen molar-refractivity contribution in [1.82, 2.24) is 0 Å². The third-order valence-corrected chi connectivity index (χ3v) is 26.6. The first-order valence-corrected chi connectivity index (χ1v) is 43.1. The molecule has 2 nitrogen and oxygen atoms in total. The van der Waals surface area contributed by atoms with Crippen molar-refractivity contribution in [2.75, 3.05) is 0 Å². The van der Waals surface area contributed by atoms with Gasteiger partial charge in [0.05, 0.1) is 19.5 Å². The highest BCUT2D eigenvalue weighted by atomic mass is 32.1. The number of ether oxygens (including phenoxy) is 2. The van der Waals surface area contributed by atoms with E-state index in [2.05, 4.69) is 111 Å². The van der Waals surface area contributed by atoms with Crippen LogP contribution >= 0.6 is 56.7 Å². The van der Waals surface area contributed by atoms with Gasteiger partial charge in [-0.2, -0.15) is 0 Å². The van der Waals surface area contributed by atoms with Crippen molar-refractivity contribution in [3.8, 4) is 50.5 Å². The van der Waals surface area contributed by atoms with Crippen molar-refractivity contribution in [2.24, 2.45) is 0 Å². The fraction of sp³-hybridized carbons (Fsp3) is 0.756. The molecule has 0 N–H and O–H groups in total. The SMILES string of the molecule is CCCCCCCCCCCCC1(CCCCCCCCCCCC)Oc2ccsc2-c2sc(-c3sc(-c4cc5c(s4)-c4sccc4OC5(CCCCCCCCCCCC)CCCCCCCCCCCC)c(CCCCCC)c3CCCCCC)cc21. The molecule has 0 unspecified atom stereocenters. The Labute approximate surface area is 569 Å². The molecule has 0 radical (unpaired) electrons. The number of hydrogen-bond donors (Lipinski definition) is 0. The lowest BCUT2D eigenvalue weighted by Crippen LogP contribution is -2.35. The van der Waals surface area contributed by atoms with Crippen LogP contribution in [0.3, 0.4) is 0 Å². The van der Waals surface area contributed by atoms with Crippen LogP contribution in [0.15, 0.2) is 35.0 Å². The van der Waals surface area contributed by atoms with Crippen molar-refractivity contribution in [1.29, 1.82) is 0 Å². The molecule has 2 aliphatic heterocycles. The minimum absolute atomic E-state index is 0.264. The van der Waals surface area contributed by atoms with Gasteiger partial charge in [-0.3, -0.25) is 0 Å². The third-order valence-electron chi connectivity index (χ3n) is 20.6. The number of rotatable bonds is 56. The summed E-state index contributed by atoms with van der Waals surface area (Å²) in [5.41, 5.74) is 5.93. The summed E-state index contributed by atoms with van der Waals surface area (Å²) in [5.74, 6) is 2.33. The molecule has 0 saturated carbocycles. The second-order valence-electron chi connectivity index (χ2n) is 28.2. The summed E-state index contributed by atoms with van der Waals surface area (Å²) in [4.78, 5) is 12.1. The van der Waals surface area contributed by atoms with Crippen molar-refractivity contribution in [3.63, 3.8) is 0 Å². The fourth-order valence-electron chi connectivity index (χ4n) is 15.1. The lowest BCUT2D eigenvalue weighted by Gasteiger charge is -2.38. The predicted molar refractivity (Wildman–Crippen MR) is 404 cm³/mol. The number of hydrogen-bond acceptors (Lipinski definition) is 7. The molecule has 5 aromatic rings. The van der Waals surface area contributed by atoms with E-state index < -0.39 is 0 Å². The monoisotopic (exact) mass is 1310 g/mol. The first-order chi connectivity index (χ1) is 44.0. The lowest BCUT2D eigenvalue weighted by molar-refractivity contribution is 0.0395. The minimum Gasteiger partial charge on any atom is -0.481 e. The van der Waals surface area contributed by atoms with Crippen LogP contribution in [-0.2, 0) is 24.0 Å². The molecule has 0 bridgehead atoms. The smallest absolute Gasteiger partial charge is 0.140 e. The molecule has 502 valence electrons. The van der Waals surface area contributed by atoms with Crippen LogP contribution in [0.5, 0.6) is 11.5 Å². The maximum Gasteiger partial charge on any atom is 0.140 e. The standard InChI is InChI=1S/C82H132O2S5/c1-7-13-19-25-29-33-37-41-45-51-59-81(60-52-46-42-38-34-30-26-20-14-8-2)69-65-73(87-77(69)79-71(83-81)57-63-85-79)75-67(55-49-23-17-11-5)68(56-50-24-18-12-6)76(89-75)74-66-70-78(88-74)80-72(58-64-86-80)84-82(70,61-53-47-43-39-35-31-27-21-15-9-3)62-54-48-44-40-36-32-28-22-16-10-4/h57-58,63-66H,7-56,59-62H2,1-6H3. The average molecular weight is 1310 g/mol. The second kappa shape index (κ2) is 44.0. The zero-order valence-corrected chi connectivity index (χ0v) is 62.6. The number of fused-ring (bicyclic) bond motifs is 6. The van der Waals surface area contributed by atoms with E-state index in [1.807, 2.05) is 22.7 Å². The van der Waals surface area contributed by atoms with Crippen LogP contribution < -0.4 is 9.47 Å². The molecule has 89 heavy (non-hydrogen) atoms. The summed E-state index contributed by atoms with van der Waals surface area (Å²) >= 11 is 10.3. The van der Waals surface area contributed by atoms with Crippen LogP contribution in [0.25, 0.3) is 39.0 Å².